The van der Waals surface area contributed by atoms with E-state index in [-0.39, 0.29) is 0 Å². The van der Waals surface area contributed by atoms with Crippen LogP contribution >= 0.6 is 0 Å². The fourth-order valence-corrected chi connectivity index (χ4v) is 4.43. The van der Waals surface area contributed by atoms with E-state index in [1.807, 2.05) is 72.8 Å². The van der Waals surface area contributed by atoms with Crippen molar-refractivity contribution in [3.63, 3.8) is 0 Å². The SMILES string of the molecule is O=Cc1ccc(CCc2cc(CCc3ccc(C=O)cc3)cc(CCc3ccc(C=O)cc3)c2)cc1. The molecule has 0 amide bonds. The Morgan fingerprint density at radius 3 is 0.778 bits per heavy atom. The lowest BCUT2D eigenvalue weighted by Gasteiger charge is -2.11. The van der Waals surface area contributed by atoms with Gasteiger partial charge in [0, 0.05) is 16.7 Å². The Balaban J connectivity index is 1.48. The molecular formula is C33H30O3. The zero-order chi connectivity index (χ0) is 25.2. The second-order valence-corrected chi connectivity index (χ2v) is 9.24. The molecule has 0 aliphatic heterocycles. The minimum Gasteiger partial charge on any atom is -0.298 e. The molecule has 3 heteroatoms. The van der Waals surface area contributed by atoms with Gasteiger partial charge >= 0.3 is 0 Å². The summed E-state index contributed by atoms with van der Waals surface area (Å²) in [4.78, 5) is 32.8. The topological polar surface area (TPSA) is 51.2 Å². The van der Waals surface area contributed by atoms with Crippen LogP contribution in [0.5, 0.6) is 0 Å². The molecule has 0 fully saturated rings. The Morgan fingerprint density at radius 1 is 0.333 bits per heavy atom. The van der Waals surface area contributed by atoms with Crippen LogP contribution < -0.4 is 0 Å². The summed E-state index contributed by atoms with van der Waals surface area (Å²) in [5, 5.41) is 0. The van der Waals surface area contributed by atoms with Crippen LogP contribution in [0.4, 0.5) is 0 Å². The highest BCUT2D eigenvalue weighted by Crippen LogP contribution is 2.18. The van der Waals surface area contributed by atoms with Gasteiger partial charge in [0.25, 0.3) is 0 Å². The number of aldehydes is 3. The summed E-state index contributed by atoms with van der Waals surface area (Å²) in [7, 11) is 0. The Kier molecular flexibility index (Phi) is 8.72. The summed E-state index contributed by atoms with van der Waals surface area (Å²) in [5.74, 6) is 0. The van der Waals surface area contributed by atoms with Crippen molar-refractivity contribution in [3.8, 4) is 0 Å². The van der Waals surface area contributed by atoms with Crippen molar-refractivity contribution in [2.75, 3.05) is 0 Å². The Morgan fingerprint density at radius 2 is 0.556 bits per heavy atom. The quantitative estimate of drug-likeness (QED) is 0.221. The fourth-order valence-electron chi connectivity index (χ4n) is 4.43. The van der Waals surface area contributed by atoms with Crippen molar-refractivity contribution in [1.82, 2.24) is 0 Å². The highest BCUT2D eigenvalue weighted by molar-refractivity contribution is 5.75. The molecule has 180 valence electrons. The van der Waals surface area contributed by atoms with E-state index >= 15 is 0 Å². The van der Waals surface area contributed by atoms with E-state index in [1.165, 1.54) is 33.4 Å². The van der Waals surface area contributed by atoms with Gasteiger partial charge in [-0.2, -0.15) is 0 Å². The van der Waals surface area contributed by atoms with Gasteiger partial charge in [0.1, 0.15) is 18.9 Å². The van der Waals surface area contributed by atoms with E-state index in [9.17, 15) is 14.4 Å². The number of carbonyl (C=O) groups excluding carboxylic acids is 3. The second-order valence-electron chi connectivity index (χ2n) is 9.24. The number of aryl methyl sites for hydroxylation is 6. The van der Waals surface area contributed by atoms with Crippen LogP contribution in [0.3, 0.4) is 0 Å². The second kappa shape index (κ2) is 12.6. The monoisotopic (exact) mass is 474 g/mol. The molecule has 4 rings (SSSR count). The molecule has 4 aromatic rings. The lowest BCUT2D eigenvalue weighted by atomic mass is 9.94. The van der Waals surface area contributed by atoms with Crippen LogP contribution in [0.2, 0.25) is 0 Å². The number of rotatable bonds is 12. The van der Waals surface area contributed by atoms with Crippen LogP contribution in [0.1, 0.15) is 64.5 Å². The molecule has 0 spiro atoms. The highest BCUT2D eigenvalue weighted by atomic mass is 16.1. The lowest BCUT2D eigenvalue weighted by Crippen LogP contribution is -2.00. The van der Waals surface area contributed by atoms with Crippen LogP contribution in [-0.4, -0.2) is 18.9 Å². The van der Waals surface area contributed by atoms with Crippen molar-refractivity contribution in [3.05, 3.63) is 141 Å². The van der Waals surface area contributed by atoms with E-state index in [1.54, 1.807) is 0 Å². The zero-order valence-electron chi connectivity index (χ0n) is 20.4. The average molecular weight is 475 g/mol. The maximum absolute atomic E-state index is 10.9. The maximum Gasteiger partial charge on any atom is 0.150 e. The smallest absolute Gasteiger partial charge is 0.150 e. The largest absolute Gasteiger partial charge is 0.298 e. The summed E-state index contributed by atoms with van der Waals surface area (Å²) in [6.45, 7) is 0. The van der Waals surface area contributed by atoms with Crippen molar-refractivity contribution in [2.24, 2.45) is 0 Å². The maximum atomic E-state index is 10.9. The normalized spacial score (nSPS) is 10.7. The van der Waals surface area contributed by atoms with Gasteiger partial charge in [-0.3, -0.25) is 14.4 Å². The first-order valence-electron chi connectivity index (χ1n) is 12.4. The summed E-state index contributed by atoms with van der Waals surface area (Å²) in [6.07, 6.45) is 8.18. The van der Waals surface area contributed by atoms with Gasteiger partial charge in [-0.1, -0.05) is 91.0 Å². The fraction of sp³-hybridized carbons (Fsp3) is 0.182. The molecule has 0 aliphatic rings. The number of hydrogen-bond donors (Lipinski definition) is 0. The van der Waals surface area contributed by atoms with Crippen molar-refractivity contribution in [1.29, 1.82) is 0 Å². The summed E-state index contributed by atoms with van der Waals surface area (Å²) >= 11 is 0. The van der Waals surface area contributed by atoms with E-state index in [0.29, 0.717) is 16.7 Å². The Bertz CT molecular complexity index is 1120. The van der Waals surface area contributed by atoms with Gasteiger partial charge in [-0.05, 0) is 71.9 Å². The average Bonchev–Trinajstić information content (AvgIpc) is 2.94. The molecule has 0 N–H and O–H groups in total. The molecule has 0 bridgehead atoms. The first-order chi connectivity index (χ1) is 17.6. The summed E-state index contributed by atoms with van der Waals surface area (Å²) in [6, 6.07) is 30.3. The third kappa shape index (κ3) is 7.19. The van der Waals surface area contributed by atoms with Gasteiger partial charge in [0.2, 0.25) is 0 Å². The van der Waals surface area contributed by atoms with E-state index in [4.69, 9.17) is 0 Å². The van der Waals surface area contributed by atoms with Gasteiger partial charge in [0.15, 0.2) is 0 Å². The first kappa shape index (κ1) is 25.0. The van der Waals surface area contributed by atoms with Gasteiger partial charge < -0.3 is 0 Å². The Hall–Kier alpha value is -4.11. The van der Waals surface area contributed by atoms with Gasteiger partial charge in [0.05, 0.1) is 0 Å². The number of hydrogen-bond acceptors (Lipinski definition) is 3. The molecule has 0 heterocycles. The molecule has 0 saturated carbocycles. The molecule has 0 atom stereocenters. The minimum absolute atomic E-state index is 0.699. The Labute approximate surface area is 212 Å². The van der Waals surface area contributed by atoms with Crippen LogP contribution in [0, 0.1) is 0 Å². The predicted molar refractivity (Wildman–Crippen MR) is 144 cm³/mol. The highest BCUT2D eigenvalue weighted by Gasteiger charge is 2.06. The predicted octanol–water partition coefficient (Wildman–Crippen LogP) is 6.48. The molecule has 4 aromatic carbocycles. The zero-order valence-corrected chi connectivity index (χ0v) is 20.4. The third-order valence-electron chi connectivity index (χ3n) is 6.57. The van der Waals surface area contributed by atoms with E-state index in [2.05, 4.69) is 18.2 Å². The summed E-state index contributed by atoms with van der Waals surface area (Å²) < 4.78 is 0. The van der Waals surface area contributed by atoms with E-state index in [0.717, 1.165) is 57.4 Å². The van der Waals surface area contributed by atoms with Crippen LogP contribution in [0.15, 0.2) is 91.0 Å². The van der Waals surface area contributed by atoms with Crippen molar-refractivity contribution >= 4 is 18.9 Å². The molecular weight excluding hydrogens is 444 g/mol. The molecule has 0 saturated heterocycles. The third-order valence-corrected chi connectivity index (χ3v) is 6.57. The van der Waals surface area contributed by atoms with E-state index < -0.39 is 0 Å². The molecule has 0 aliphatic carbocycles. The van der Waals surface area contributed by atoms with Crippen molar-refractivity contribution in [2.45, 2.75) is 38.5 Å². The summed E-state index contributed by atoms with van der Waals surface area (Å²) in [5.41, 5.74) is 9.70. The molecule has 3 nitrogen and oxygen atoms in total. The van der Waals surface area contributed by atoms with Crippen molar-refractivity contribution < 1.29 is 14.4 Å². The molecule has 36 heavy (non-hydrogen) atoms. The minimum atomic E-state index is 0.699. The van der Waals surface area contributed by atoms with Gasteiger partial charge in [-0.25, -0.2) is 0 Å². The number of benzene rings is 4. The molecule has 0 aromatic heterocycles. The van der Waals surface area contributed by atoms with Crippen LogP contribution in [-0.2, 0) is 38.5 Å². The lowest BCUT2D eigenvalue weighted by molar-refractivity contribution is 0.111. The molecule has 0 unspecified atom stereocenters. The van der Waals surface area contributed by atoms with Gasteiger partial charge in [-0.15, -0.1) is 0 Å². The molecule has 0 radical (unpaired) electrons. The standard InChI is InChI=1S/C33H30O3/c34-22-28-10-1-25(2-11-28)7-16-31-19-32(17-8-26-3-12-29(23-35)13-4-26)21-33(20-31)18-9-27-5-14-30(24-36)15-6-27/h1-6,10-15,19-24H,7-9,16-18H2. The van der Waals surface area contributed by atoms with Crippen LogP contribution in [0.25, 0.3) is 0 Å². The first-order valence-corrected chi connectivity index (χ1v) is 12.4. The number of carbonyl (C=O) groups is 3.